The van der Waals surface area contributed by atoms with Gasteiger partial charge in [0, 0.05) is 12.2 Å². The van der Waals surface area contributed by atoms with E-state index in [9.17, 15) is 14.4 Å². The molecule has 0 radical (unpaired) electrons. The van der Waals surface area contributed by atoms with Crippen molar-refractivity contribution in [1.29, 1.82) is 0 Å². The van der Waals surface area contributed by atoms with Gasteiger partial charge in [-0.2, -0.15) is 0 Å². The summed E-state index contributed by atoms with van der Waals surface area (Å²) in [6, 6.07) is 19.6. The molecule has 0 N–H and O–H groups in total. The fourth-order valence-corrected chi connectivity index (χ4v) is 11.4. The summed E-state index contributed by atoms with van der Waals surface area (Å²) in [5.74, 6) is 5.18. The van der Waals surface area contributed by atoms with E-state index in [-0.39, 0.29) is 24.2 Å². The lowest BCUT2D eigenvalue weighted by Crippen LogP contribution is -2.24. The smallest absolute Gasteiger partial charge is 0.338 e. The summed E-state index contributed by atoms with van der Waals surface area (Å²) >= 11 is 2.78. The molecule has 3 aromatic rings. The zero-order valence-electron chi connectivity index (χ0n) is 42.5. The first-order valence-corrected chi connectivity index (χ1v) is 27.7. The van der Waals surface area contributed by atoms with Gasteiger partial charge in [-0.25, -0.2) is 14.4 Å². The summed E-state index contributed by atoms with van der Waals surface area (Å²) in [7, 11) is 0. The van der Waals surface area contributed by atoms with E-state index in [2.05, 4.69) is 18.0 Å². The minimum atomic E-state index is -0.619. The molecule has 0 aromatic heterocycles. The minimum absolute atomic E-state index is 0.0183. The van der Waals surface area contributed by atoms with Crippen LogP contribution in [0.2, 0.25) is 0 Å². The number of nitrogens with zero attached hydrogens (tertiary/aromatic N) is 1. The number of thioether (sulfide) groups is 2. The highest BCUT2D eigenvalue weighted by molar-refractivity contribution is 8.24. The van der Waals surface area contributed by atoms with Gasteiger partial charge >= 0.3 is 17.9 Å². The molecule has 3 aliphatic rings. The molecular formula is C58H73NO12S2. The Morgan fingerprint density at radius 3 is 1.19 bits per heavy atom. The molecule has 3 aromatic carbocycles. The van der Waals surface area contributed by atoms with Crippen LogP contribution in [0.3, 0.4) is 0 Å². The van der Waals surface area contributed by atoms with E-state index in [4.69, 9.17) is 49.2 Å². The molecule has 1 heterocycles. The summed E-state index contributed by atoms with van der Waals surface area (Å²) in [4.78, 5) is 40.4. The molecule has 0 bridgehead atoms. The molecule has 0 unspecified atom stereocenters. The third-order valence-corrected chi connectivity index (χ3v) is 15.7. The first kappa shape index (κ1) is 56.6. The van der Waals surface area contributed by atoms with E-state index in [1.807, 2.05) is 60.7 Å². The highest BCUT2D eigenvalue weighted by atomic mass is 32.2. The SMILES string of the molecule is [C-]#[N+]C(C(=O)OCC)=C1Sc2c(OCC3CCC(COc4ccc(OCCCCCCOC(=O)C=C)cc4)CC3)ccc(OCC3CCC(COc4ccc(OCCCCCCOC(=O)C=C)cc4)CC3)c2S1. The summed E-state index contributed by atoms with van der Waals surface area (Å²) in [6.45, 7) is 21.2. The Morgan fingerprint density at radius 2 is 0.849 bits per heavy atom. The maximum atomic E-state index is 12.8. The second-order valence-corrected chi connectivity index (χ2v) is 20.9. The predicted molar refractivity (Wildman–Crippen MR) is 284 cm³/mol. The Hall–Kier alpha value is -5.72. The third kappa shape index (κ3) is 19.6. The van der Waals surface area contributed by atoms with Gasteiger partial charge in [0.15, 0.2) is 0 Å². The van der Waals surface area contributed by atoms with Crippen molar-refractivity contribution in [2.75, 3.05) is 59.5 Å². The number of ether oxygens (including phenoxy) is 9. The van der Waals surface area contributed by atoms with Crippen molar-refractivity contribution in [2.24, 2.45) is 23.7 Å². The van der Waals surface area contributed by atoms with Gasteiger partial charge in [-0.1, -0.05) is 36.7 Å². The largest absolute Gasteiger partial charge is 0.494 e. The van der Waals surface area contributed by atoms with Crippen LogP contribution in [-0.2, 0) is 28.6 Å². The van der Waals surface area contributed by atoms with Gasteiger partial charge in [-0.3, -0.25) is 4.79 Å². The average molecular weight is 1040 g/mol. The molecular weight excluding hydrogens is 967 g/mol. The number of carbonyl (C=O) groups excluding carboxylic acids is 3. The van der Waals surface area contributed by atoms with Crippen molar-refractivity contribution in [1.82, 2.24) is 0 Å². The number of benzene rings is 3. The van der Waals surface area contributed by atoms with Gasteiger partial charge < -0.3 is 42.6 Å². The summed E-state index contributed by atoms with van der Waals surface area (Å²) < 4.78 is 53.2. The number of carbonyl (C=O) groups is 3. The van der Waals surface area contributed by atoms with Gasteiger partial charge in [-0.15, -0.1) is 0 Å². The molecule has 73 heavy (non-hydrogen) atoms. The Morgan fingerprint density at radius 1 is 0.507 bits per heavy atom. The molecule has 2 fully saturated rings. The quantitative estimate of drug-likeness (QED) is 0.0193. The molecule has 394 valence electrons. The van der Waals surface area contributed by atoms with Crippen LogP contribution in [0.4, 0.5) is 0 Å². The molecule has 0 saturated heterocycles. The lowest BCUT2D eigenvalue weighted by Gasteiger charge is -2.29. The first-order chi connectivity index (χ1) is 35.7. The van der Waals surface area contributed by atoms with Crippen LogP contribution in [0.15, 0.2) is 106 Å². The number of hydrogen-bond acceptors (Lipinski definition) is 14. The van der Waals surface area contributed by atoms with Crippen molar-refractivity contribution in [2.45, 2.75) is 119 Å². The van der Waals surface area contributed by atoms with Crippen molar-refractivity contribution in [3.05, 3.63) is 107 Å². The lowest BCUT2D eigenvalue weighted by atomic mass is 9.83. The molecule has 0 spiro atoms. The van der Waals surface area contributed by atoms with Crippen molar-refractivity contribution < 1.29 is 57.0 Å². The Bertz CT molecular complexity index is 2140. The van der Waals surface area contributed by atoms with Crippen molar-refractivity contribution >= 4 is 41.4 Å². The Labute approximate surface area is 440 Å². The monoisotopic (exact) mass is 1040 g/mol. The summed E-state index contributed by atoms with van der Waals surface area (Å²) in [6.07, 6.45) is 18.3. The Balaban J connectivity index is 0.897. The van der Waals surface area contributed by atoms with Crippen LogP contribution in [0.5, 0.6) is 34.5 Å². The first-order valence-electron chi connectivity index (χ1n) is 26.1. The molecule has 2 aliphatic carbocycles. The highest BCUT2D eigenvalue weighted by Crippen LogP contribution is 2.59. The molecule has 15 heteroatoms. The zero-order chi connectivity index (χ0) is 51.5. The van der Waals surface area contributed by atoms with E-state index < -0.39 is 5.97 Å². The van der Waals surface area contributed by atoms with Gasteiger partial charge in [0.1, 0.15) is 34.5 Å². The second kappa shape index (κ2) is 31.8. The second-order valence-electron chi connectivity index (χ2n) is 18.6. The standard InChI is InChI=1S/C58H73NO12S2/c1-5-52(60)66-36-14-10-8-12-34-64-46-24-28-48(29-25-46)68-38-42-16-20-44(21-17-42)40-70-50-32-33-51(56-55(50)72-58(73-56)54(59-4)57(62)63-7-3)71-41-45-22-18-43(19-23-45)39-69-49-30-26-47(27-31-49)65-35-13-9-11-15-37-67-53(61)6-2/h5-6,24-33,42-45H,1-2,7-23,34-41H2,3H3. The number of unbranched alkanes of at least 4 members (excludes halogenated alkanes) is 6. The van der Waals surface area contributed by atoms with E-state index in [0.29, 0.717) is 80.8 Å². The summed E-state index contributed by atoms with van der Waals surface area (Å²) in [5.41, 5.74) is -0.0183. The normalized spacial score (nSPS) is 18.0. The van der Waals surface area contributed by atoms with Crippen molar-refractivity contribution in [3.63, 3.8) is 0 Å². The van der Waals surface area contributed by atoms with Gasteiger partial charge in [0.2, 0.25) is 0 Å². The van der Waals surface area contributed by atoms with Crippen LogP contribution in [-0.4, -0.2) is 77.4 Å². The zero-order valence-corrected chi connectivity index (χ0v) is 44.1. The van der Waals surface area contributed by atoms with Crippen LogP contribution in [0.25, 0.3) is 4.85 Å². The number of rotatable bonds is 32. The van der Waals surface area contributed by atoms with E-state index in [0.717, 1.165) is 147 Å². The van der Waals surface area contributed by atoms with E-state index in [1.54, 1.807) is 6.92 Å². The maximum Gasteiger partial charge on any atom is 0.338 e. The van der Waals surface area contributed by atoms with Gasteiger partial charge in [-0.05, 0) is 194 Å². The van der Waals surface area contributed by atoms with Crippen LogP contribution in [0.1, 0.15) is 110 Å². The van der Waals surface area contributed by atoms with Crippen LogP contribution >= 0.6 is 23.5 Å². The lowest BCUT2D eigenvalue weighted by molar-refractivity contribution is -0.138. The van der Waals surface area contributed by atoms with Crippen LogP contribution < -0.4 is 28.4 Å². The highest BCUT2D eigenvalue weighted by Gasteiger charge is 2.32. The van der Waals surface area contributed by atoms with Crippen molar-refractivity contribution in [3.8, 4) is 34.5 Å². The predicted octanol–water partition coefficient (Wildman–Crippen LogP) is 13.4. The van der Waals surface area contributed by atoms with Crippen LogP contribution in [0, 0.1) is 30.2 Å². The number of hydrogen-bond donors (Lipinski definition) is 0. The molecule has 0 atom stereocenters. The minimum Gasteiger partial charge on any atom is -0.494 e. The van der Waals surface area contributed by atoms with E-state index >= 15 is 0 Å². The molecule has 6 rings (SSSR count). The fraction of sp³-hybridized carbons (Fsp3) is 0.517. The number of fused-ring (bicyclic) bond motifs is 1. The number of esters is 3. The fourth-order valence-electron chi connectivity index (χ4n) is 8.82. The third-order valence-electron chi connectivity index (χ3n) is 13.1. The molecule has 13 nitrogen and oxygen atoms in total. The van der Waals surface area contributed by atoms with Gasteiger partial charge in [0.25, 0.3) is 5.70 Å². The molecule has 2 saturated carbocycles. The molecule has 0 amide bonds. The van der Waals surface area contributed by atoms with E-state index in [1.165, 1.54) is 35.7 Å². The maximum absolute atomic E-state index is 12.8. The Kier molecular flexibility index (Phi) is 24.6. The average Bonchev–Trinajstić information content (AvgIpc) is 3.87. The topological polar surface area (TPSA) is 139 Å². The molecule has 1 aliphatic heterocycles. The summed E-state index contributed by atoms with van der Waals surface area (Å²) in [5, 5.41) is 0. The van der Waals surface area contributed by atoms with Gasteiger partial charge in [0.05, 0.1) is 80.1 Å².